The van der Waals surface area contributed by atoms with Crippen molar-refractivity contribution in [2.75, 3.05) is 31.6 Å². The van der Waals surface area contributed by atoms with Crippen molar-refractivity contribution in [2.45, 2.75) is 25.8 Å². The number of nitriles is 1. The van der Waals surface area contributed by atoms with Crippen molar-refractivity contribution in [3.63, 3.8) is 0 Å². The Kier molecular flexibility index (Phi) is 9.22. The molecule has 0 radical (unpaired) electrons. The number of ether oxygens (including phenoxy) is 1. The number of aromatic nitrogens is 2. The van der Waals surface area contributed by atoms with Crippen molar-refractivity contribution in [1.29, 1.82) is 5.26 Å². The van der Waals surface area contributed by atoms with Gasteiger partial charge in [-0.3, -0.25) is 9.78 Å². The Morgan fingerprint density at radius 3 is 2.78 bits per heavy atom. The fourth-order valence-corrected chi connectivity index (χ4v) is 4.31. The van der Waals surface area contributed by atoms with Crippen molar-refractivity contribution in [2.24, 2.45) is 5.73 Å². The molecule has 0 saturated heterocycles. The van der Waals surface area contributed by atoms with Gasteiger partial charge in [0.25, 0.3) is 0 Å². The van der Waals surface area contributed by atoms with Gasteiger partial charge < -0.3 is 21.1 Å². The molecular weight excluding hydrogens is 488 g/mol. The van der Waals surface area contributed by atoms with Crippen LogP contribution in [0.1, 0.15) is 34.3 Å². The molecule has 0 saturated carbocycles. The summed E-state index contributed by atoms with van der Waals surface area (Å²) < 4.78 is 5.79. The lowest BCUT2D eigenvalue weighted by molar-refractivity contribution is 0.100. The van der Waals surface area contributed by atoms with Gasteiger partial charge in [0.2, 0.25) is 5.91 Å². The van der Waals surface area contributed by atoms with E-state index in [1.54, 1.807) is 24.5 Å². The standard InChI is InChI=1S/C28H29ClN6O2/c29-25-6-3-19(15-20(25)7-9-30)17-32-10-1-2-13-37-14-12-34-28-23-8-11-33-18-24(23)22-5-4-21(27(31)36)16-26(22)35-28/h3-6,8,11,15-16,18,32H,1-2,7,10,12-14,17H2,(H2,31,36)(H,34,35). The summed E-state index contributed by atoms with van der Waals surface area (Å²) in [5.74, 6) is 0.238. The molecule has 0 spiro atoms. The maximum atomic E-state index is 11.6. The summed E-state index contributed by atoms with van der Waals surface area (Å²) in [5, 5.41) is 19.1. The van der Waals surface area contributed by atoms with E-state index in [1.165, 1.54) is 0 Å². The Morgan fingerprint density at radius 1 is 1.05 bits per heavy atom. The Bertz CT molecular complexity index is 1440. The molecule has 2 aromatic carbocycles. The zero-order chi connectivity index (χ0) is 26.0. The van der Waals surface area contributed by atoms with Gasteiger partial charge in [0, 0.05) is 58.8 Å². The lowest BCUT2D eigenvalue weighted by Gasteiger charge is -2.12. The first-order chi connectivity index (χ1) is 18.1. The van der Waals surface area contributed by atoms with Gasteiger partial charge in [-0.2, -0.15) is 5.26 Å². The van der Waals surface area contributed by atoms with Crippen LogP contribution >= 0.6 is 11.6 Å². The third kappa shape index (κ3) is 6.92. The molecule has 4 N–H and O–H groups in total. The van der Waals surface area contributed by atoms with Crippen molar-refractivity contribution >= 4 is 45.0 Å². The van der Waals surface area contributed by atoms with E-state index in [2.05, 4.69) is 21.7 Å². The topological polar surface area (TPSA) is 126 Å². The number of nitrogens with zero attached hydrogens (tertiary/aromatic N) is 3. The van der Waals surface area contributed by atoms with Gasteiger partial charge >= 0.3 is 0 Å². The molecule has 37 heavy (non-hydrogen) atoms. The van der Waals surface area contributed by atoms with Crippen LogP contribution in [0.25, 0.3) is 21.7 Å². The lowest BCUT2D eigenvalue weighted by Crippen LogP contribution is -2.16. The molecular formula is C28H29ClN6O2. The van der Waals surface area contributed by atoms with Crippen molar-refractivity contribution in [3.05, 3.63) is 76.6 Å². The molecule has 190 valence electrons. The summed E-state index contributed by atoms with van der Waals surface area (Å²) >= 11 is 6.12. The van der Waals surface area contributed by atoms with E-state index >= 15 is 0 Å². The highest BCUT2D eigenvalue weighted by molar-refractivity contribution is 6.31. The van der Waals surface area contributed by atoms with Crippen LogP contribution in [0.5, 0.6) is 0 Å². The van der Waals surface area contributed by atoms with Crippen LogP contribution in [0.3, 0.4) is 0 Å². The Labute approximate surface area is 220 Å². The number of rotatable bonds is 13. The second-order valence-electron chi connectivity index (χ2n) is 8.66. The number of nitrogens with one attached hydrogen (secondary N) is 2. The van der Waals surface area contributed by atoms with E-state index < -0.39 is 5.91 Å². The van der Waals surface area contributed by atoms with Crippen LogP contribution in [0.4, 0.5) is 5.82 Å². The van der Waals surface area contributed by atoms with Gasteiger partial charge in [-0.05, 0) is 54.8 Å². The number of amides is 1. The first kappa shape index (κ1) is 26.3. The van der Waals surface area contributed by atoms with E-state index in [-0.39, 0.29) is 0 Å². The lowest BCUT2D eigenvalue weighted by atomic mass is 10.1. The van der Waals surface area contributed by atoms with Gasteiger partial charge in [-0.1, -0.05) is 29.8 Å². The molecule has 0 bridgehead atoms. The van der Waals surface area contributed by atoms with E-state index in [9.17, 15) is 4.79 Å². The van der Waals surface area contributed by atoms with E-state index in [0.717, 1.165) is 59.0 Å². The van der Waals surface area contributed by atoms with Gasteiger partial charge in [0.15, 0.2) is 0 Å². The second kappa shape index (κ2) is 13.0. The maximum Gasteiger partial charge on any atom is 0.248 e. The highest BCUT2D eigenvalue weighted by atomic mass is 35.5. The molecule has 0 atom stereocenters. The first-order valence-corrected chi connectivity index (χ1v) is 12.6. The van der Waals surface area contributed by atoms with Crippen LogP contribution in [0.15, 0.2) is 54.9 Å². The average Bonchev–Trinajstić information content (AvgIpc) is 2.91. The van der Waals surface area contributed by atoms with E-state index in [4.69, 9.17) is 32.3 Å². The summed E-state index contributed by atoms with van der Waals surface area (Å²) in [6.45, 7) is 3.45. The SMILES string of the molecule is N#CCc1cc(CNCCCCOCCNc2nc3cc(C(N)=O)ccc3c3cnccc23)ccc1Cl. The van der Waals surface area contributed by atoms with Crippen molar-refractivity contribution in [3.8, 4) is 6.07 Å². The predicted octanol–water partition coefficient (Wildman–Crippen LogP) is 4.60. The predicted molar refractivity (Wildman–Crippen MR) is 147 cm³/mol. The van der Waals surface area contributed by atoms with Gasteiger partial charge in [-0.15, -0.1) is 0 Å². The molecule has 0 fully saturated rings. The Morgan fingerprint density at radius 2 is 1.95 bits per heavy atom. The molecule has 1 amide bonds. The highest BCUT2D eigenvalue weighted by Gasteiger charge is 2.10. The number of pyridine rings is 2. The monoisotopic (exact) mass is 516 g/mol. The highest BCUT2D eigenvalue weighted by Crippen LogP contribution is 2.29. The number of nitrogens with two attached hydrogens (primary N) is 1. The normalized spacial score (nSPS) is 11.0. The van der Waals surface area contributed by atoms with Crippen molar-refractivity contribution < 1.29 is 9.53 Å². The van der Waals surface area contributed by atoms with E-state index in [0.29, 0.717) is 42.3 Å². The van der Waals surface area contributed by atoms with Crippen LogP contribution < -0.4 is 16.4 Å². The molecule has 0 aliphatic rings. The van der Waals surface area contributed by atoms with E-state index in [1.807, 2.05) is 30.3 Å². The Balaban J connectivity index is 1.19. The summed E-state index contributed by atoms with van der Waals surface area (Å²) in [6, 6.07) is 15.1. The fourth-order valence-electron chi connectivity index (χ4n) is 4.13. The zero-order valence-electron chi connectivity index (χ0n) is 20.5. The fraction of sp³-hybridized carbons (Fsp3) is 0.286. The third-order valence-electron chi connectivity index (χ3n) is 6.02. The van der Waals surface area contributed by atoms with Crippen LogP contribution in [-0.2, 0) is 17.7 Å². The molecule has 2 aromatic heterocycles. The number of halogens is 1. The van der Waals surface area contributed by atoms with Crippen LogP contribution in [0.2, 0.25) is 5.02 Å². The first-order valence-electron chi connectivity index (χ1n) is 12.2. The quantitative estimate of drug-likeness (QED) is 0.175. The van der Waals surface area contributed by atoms with Crippen LogP contribution in [0, 0.1) is 11.3 Å². The minimum Gasteiger partial charge on any atom is -0.380 e. The molecule has 8 nitrogen and oxygen atoms in total. The number of unbranched alkanes of at least 4 members (excludes halogenated alkanes) is 1. The Hall–Kier alpha value is -3.77. The maximum absolute atomic E-state index is 11.6. The number of anilines is 1. The van der Waals surface area contributed by atoms with Gasteiger partial charge in [0.1, 0.15) is 5.82 Å². The molecule has 0 aliphatic carbocycles. The second-order valence-corrected chi connectivity index (χ2v) is 9.07. The minimum atomic E-state index is -0.484. The molecule has 2 heterocycles. The summed E-state index contributed by atoms with van der Waals surface area (Å²) in [5.41, 5.74) is 8.53. The number of primary amides is 1. The smallest absolute Gasteiger partial charge is 0.248 e. The molecule has 0 unspecified atom stereocenters. The number of hydrogen-bond acceptors (Lipinski definition) is 7. The zero-order valence-corrected chi connectivity index (χ0v) is 21.2. The molecule has 4 aromatic rings. The molecule has 9 heteroatoms. The minimum absolute atomic E-state index is 0.319. The average molecular weight is 517 g/mol. The summed E-state index contributed by atoms with van der Waals surface area (Å²) in [6.07, 6.45) is 5.81. The summed E-state index contributed by atoms with van der Waals surface area (Å²) in [7, 11) is 0. The largest absolute Gasteiger partial charge is 0.380 e. The molecule has 0 aliphatic heterocycles. The number of carbonyl (C=O) groups excluding carboxylic acids is 1. The van der Waals surface area contributed by atoms with Gasteiger partial charge in [-0.25, -0.2) is 4.98 Å². The number of benzene rings is 2. The molecule has 4 rings (SSSR count). The number of fused-ring (bicyclic) bond motifs is 3. The number of carbonyl (C=O) groups is 1. The van der Waals surface area contributed by atoms with Crippen LogP contribution in [-0.4, -0.2) is 42.2 Å². The van der Waals surface area contributed by atoms with Crippen molar-refractivity contribution in [1.82, 2.24) is 15.3 Å². The third-order valence-corrected chi connectivity index (χ3v) is 6.39. The van der Waals surface area contributed by atoms with Gasteiger partial charge in [0.05, 0.1) is 24.6 Å². The summed E-state index contributed by atoms with van der Waals surface area (Å²) in [4.78, 5) is 20.6. The number of hydrogen-bond donors (Lipinski definition) is 3.